The molecule has 1 aliphatic rings. The molecule has 4 nitrogen and oxygen atoms in total. The van der Waals surface area contributed by atoms with Gasteiger partial charge in [0.05, 0.1) is 10.7 Å². The lowest BCUT2D eigenvalue weighted by atomic mass is 9.70. The van der Waals surface area contributed by atoms with Crippen LogP contribution in [0.2, 0.25) is 0 Å². The van der Waals surface area contributed by atoms with Crippen molar-refractivity contribution in [2.45, 2.75) is 70.1 Å². The summed E-state index contributed by atoms with van der Waals surface area (Å²) in [7, 11) is 1.70. The van der Waals surface area contributed by atoms with Crippen LogP contribution in [0.3, 0.4) is 0 Å². The number of carboxylic acids is 1. The number of rotatable bonds is 9. The molecule has 144 valence electrons. The minimum absolute atomic E-state index is 0.355. The molecule has 1 fully saturated rings. The quantitative estimate of drug-likeness (QED) is 0.482. The average molecular weight is 377 g/mol. The number of aliphatic carboxylic acids is 1. The van der Waals surface area contributed by atoms with E-state index in [1.54, 1.807) is 25.4 Å². The molecule has 0 saturated heterocycles. The Labute approximate surface area is 162 Å². The largest absolute Gasteiger partial charge is 0.480 e. The van der Waals surface area contributed by atoms with Crippen LogP contribution >= 0.6 is 12.2 Å². The van der Waals surface area contributed by atoms with Gasteiger partial charge in [0.2, 0.25) is 0 Å². The molecular weight excluding hydrogens is 344 g/mol. The fraction of sp³-hybridized carbons (Fsp3) is 0.667. The number of carboxylic acid groups (broad SMARTS) is 1. The van der Waals surface area contributed by atoms with E-state index in [0.29, 0.717) is 23.0 Å². The second-order valence-electron chi connectivity index (χ2n) is 7.59. The zero-order valence-corrected chi connectivity index (χ0v) is 16.9. The highest BCUT2D eigenvalue weighted by Gasteiger charge is 2.47. The molecule has 0 aliphatic heterocycles. The van der Waals surface area contributed by atoms with Crippen LogP contribution in [-0.4, -0.2) is 28.1 Å². The normalized spacial score (nSPS) is 22.4. The minimum Gasteiger partial charge on any atom is -0.480 e. The molecule has 2 N–H and O–H groups in total. The second-order valence-corrected chi connectivity index (χ2v) is 8.00. The van der Waals surface area contributed by atoms with E-state index in [1.807, 2.05) is 6.07 Å². The lowest BCUT2D eigenvalue weighted by Gasteiger charge is -2.36. The number of carbonyl (C=O) groups is 1. The number of hydrogen-bond donors (Lipinski definition) is 2. The van der Waals surface area contributed by atoms with Crippen molar-refractivity contribution in [2.75, 3.05) is 7.05 Å². The molecule has 26 heavy (non-hydrogen) atoms. The number of thiocarbonyl (C=S) groups is 1. The van der Waals surface area contributed by atoms with Crippen molar-refractivity contribution in [3.8, 4) is 0 Å². The molecule has 0 spiro atoms. The second kappa shape index (κ2) is 10.0. The third kappa shape index (κ3) is 4.81. The van der Waals surface area contributed by atoms with Gasteiger partial charge in [-0.1, -0.05) is 76.6 Å². The SMILES string of the molecule is CCCCCC1CCC(CC(C(=O)O)(C(=S)NC)c2ccccn2)CC1. The van der Waals surface area contributed by atoms with Crippen molar-refractivity contribution >= 4 is 23.2 Å². The number of hydrogen-bond acceptors (Lipinski definition) is 3. The summed E-state index contributed by atoms with van der Waals surface area (Å²) >= 11 is 5.48. The van der Waals surface area contributed by atoms with Crippen LogP contribution in [0.4, 0.5) is 0 Å². The summed E-state index contributed by atoms with van der Waals surface area (Å²) in [4.78, 5) is 17.1. The Hall–Kier alpha value is -1.49. The van der Waals surface area contributed by atoms with Crippen molar-refractivity contribution in [1.82, 2.24) is 10.3 Å². The number of likely N-dealkylation sites (N-methyl/N-ethyl adjacent to an activating group) is 1. The molecule has 0 amide bonds. The van der Waals surface area contributed by atoms with Crippen molar-refractivity contribution in [2.24, 2.45) is 11.8 Å². The van der Waals surface area contributed by atoms with Crippen LogP contribution in [-0.2, 0) is 10.2 Å². The van der Waals surface area contributed by atoms with Gasteiger partial charge in [-0.3, -0.25) is 9.78 Å². The average Bonchev–Trinajstić information content (AvgIpc) is 2.67. The maximum absolute atomic E-state index is 12.4. The Balaban J connectivity index is 2.11. The summed E-state index contributed by atoms with van der Waals surface area (Å²) in [6, 6.07) is 5.43. The molecule has 1 unspecified atom stereocenters. The van der Waals surface area contributed by atoms with Crippen LogP contribution in [0, 0.1) is 11.8 Å². The predicted octanol–water partition coefficient (Wildman–Crippen LogP) is 4.73. The van der Waals surface area contributed by atoms with E-state index in [0.717, 1.165) is 18.8 Å². The molecule has 0 radical (unpaired) electrons. The molecule has 1 aliphatic carbocycles. The summed E-state index contributed by atoms with van der Waals surface area (Å²) in [5, 5.41) is 13.1. The maximum atomic E-state index is 12.4. The van der Waals surface area contributed by atoms with Crippen molar-refractivity contribution in [1.29, 1.82) is 0 Å². The van der Waals surface area contributed by atoms with E-state index in [1.165, 1.54) is 38.5 Å². The van der Waals surface area contributed by atoms with Gasteiger partial charge < -0.3 is 10.4 Å². The lowest BCUT2D eigenvalue weighted by molar-refractivity contribution is -0.142. The van der Waals surface area contributed by atoms with Crippen LogP contribution in [0.15, 0.2) is 24.4 Å². The number of nitrogens with one attached hydrogen (secondary N) is 1. The maximum Gasteiger partial charge on any atom is 0.322 e. The van der Waals surface area contributed by atoms with Crippen molar-refractivity contribution in [3.63, 3.8) is 0 Å². The van der Waals surface area contributed by atoms with Gasteiger partial charge >= 0.3 is 5.97 Å². The topological polar surface area (TPSA) is 62.2 Å². The van der Waals surface area contributed by atoms with E-state index < -0.39 is 11.4 Å². The van der Waals surface area contributed by atoms with E-state index in [4.69, 9.17) is 12.2 Å². The van der Waals surface area contributed by atoms with E-state index in [2.05, 4.69) is 17.2 Å². The summed E-state index contributed by atoms with van der Waals surface area (Å²) in [5.41, 5.74) is -0.692. The van der Waals surface area contributed by atoms with Gasteiger partial charge in [0, 0.05) is 13.2 Å². The fourth-order valence-electron chi connectivity index (χ4n) is 4.28. The first-order valence-electron chi connectivity index (χ1n) is 9.91. The van der Waals surface area contributed by atoms with Gasteiger partial charge in [-0.2, -0.15) is 0 Å². The Morgan fingerprint density at radius 1 is 1.27 bits per heavy atom. The van der Waals surface area contributed by atoms with Gasteiger partial charge in [-0.05, 0) is 30.4 Å². The first-order chi connectivity index (χ1) is 12.5. The molecule has 1 heterocycles. The van der Waals surface area contributed by atoms with Crippen LogP contribution < -0.4 is 5.32 Å². The van der Waals surface area contributed by atoms with E-state index in [9.17, 15) is 9.90 Å². The first kappa shape index (κ1) is 20.8. The Bertz CT molecular complexity index is 585. The highest BCUT2D eigenvalue weighted by molar-refractivity contribution is 7.80. The molecular formula is C21H32N2O2S. The van der Waals surface area contributed by atoms with Gasteiger partial charge in [0.15, 0.2) is 5.41 Å². The van der Waals surface area contributed by atoms with Gasteiger partial charge in [0.25, 0.3) is 0 Å². The Morgan fingerprint density at radius 3 is 2.50 bits per heavy atom. The summed E-state index contributed by atoms with van der Waals surface area (Å²) in [6.07, 6.45) is 12.0. The summed E-state index contributed by atoms with van der Waals surface area (Å²) < 4.78 is 0. The summed E-state index contributed by atoms with van der Waals surface area (Å²) in [5.74, 6) is 0.283. The van der Waals surface area contributed by atoms with Crippen LogP contribution in [0.25, 0.3) is 0 Å². The monoisotopic (exact) mass is 376 g/mol. The number of aromatic nitrogens is 1. The summed E-state index contributed by atoms with van der Waals surface area (Å²) in [6.45, 7) is 2.24. The zero-order chi connectivity index (χ0) is 19.0. The smallest absolute Gasteiger partial charge is 0.322 e. The van der Waals surface area contributed by atoms with Gasteiger partial charge in [-0.25, -0.2) is 0 Å². The molecule has 0 bridgehead atoms. The third-order valence-electron chi connectivity index (χ3n) is 5.86. The standard InChI is InChI=1S/C21H32N2O2S/c1-3-4-5-8-16-10-12-17(13-11-16)15-21(20(24)25,19(26)22-2)18-9-6-7-14-23-18/h6-7,9,14,16-17H,3-5,8,10-13,15H2,1-2H3,(H,22,26)(H,24,25). The molecule has 5 heteroatoms. The van der Waals surface area contributed by atoms with E-state index >= 15 is 0 Å². The predicted molar refractivity (Wildman–Crippen MR) is 109 cm³/mol. The first-order valence-corrected chi connectivity index (χ1v) is 10.3. The minimum atomic E-state index is -1.23. The molecule has 0 aromatic carbocycles. The Morgan fingerprint density at radius 2 is 1.96 bits per heavy atom. The van der Waals surface area contributed by atoms with Crippen LogP contribution in [0.1, 0.15) is 70.4 Å². The number of pyridine rings is 1. The molecule has 1 atom stereocenters. The molecule has 1 aromatic heterocycles. The van der Waals surface area contributed by atoms with Gasteiger partial charge in [-0.15, -0.1) is 0 Å². The molecule has 1 saturated carbocycles. The third-order valence-corrected chi connectivity index (χ3v) is 6.41. The van der Waals surface area contributed by atoms with Gasteiger partial charge in [0.1, 0.15) is 0 Å². The molecule has 2 rings (SSSR count). The van der Waals surface area contributed by atoms with Crippen LogP contribution in [0.5, 0.6) is 0 Å². The van der Waals surface area contributed by atoms with Crippen molar-refractivity contribution < 1.29 is 9.90 Å². The fourth-order valence-corrected chi connectivity index (χ4v) is 4.55. The number of nitrogens with zero attached hydrogens (tertiary/aromatic N) is 1. The molecule has 1 aromatic rings. The lowest BCUT2D eigenvalue weighted by Crippen LogP contribution is -2.50. The zero-order valence-electron chi connectivity index (χ0n) is 16.0. The van der Waals surface area contributed by atoms with Crippen molar-refractivity contribution in [3.05, 3.63) is 30.1 Å². The van der Waals surface area contributed by atoms with E-state index in [-0.39, 0.29) is 0 Å². The highest BCUT2D eigenvalue weighted by atomic mass is 32.1. The number of unbranched alkanes of at least 4 members (excludes halogenated alkanes) is 2. The Kier molecular flexibility index (Phi) is 8.01. The highest BCUT2D eigenvalue weighted by Crippen LogP contribution is 2.40.